The van der Waals surface area contributed by atoms with Gasteiger partial charge in [-0.25, -0.2) is 4.98 Å². The molecule has 1 N–H and O–H groups in total. The van der Waals surface area contributed by atoms with Crippen LogP contribution in [0.4, 0.5) is 0 Å². The third kappa shape index (κ3) is 3.47. The van der Waals surface area contributed by atoms with Crippen molar-refractivity contribution < 1.29 is 9.59 Å². The maximum absolute atomic E-state index is 11.5. The van der Waals surface area contributed by atoms with E-state index in [1.807, 2.05) is 0 Å². The van der Waals surface area contributed by atoms with Gasteiger partial charge in [-0.2, -0.15) is 0 Å². The molecule has 0 aliphatic rings. The molecule has 1 heterocycles. The van der Waals surface area contributed by atoms with Gasteiger partial charge in [-0.15, -0.1) is 0 Å². The number of carbonyl (C=O) groups is 2. The molecule has 1 rings (SSSR count). The van der Waals surface area contributed by atoms with Crippen molar-refractivity contribution in [2.45, 2.75) is 0 Å². The van der Waals surface area contributed by atoms with Crippen LogP contribution in [0.15, 0.2) is 12.4 Å². The van der Waals surface area contributed by atoms with E-state index in [1.54, 1.807) is 14.1 Å². The molecule has 0 saturated heterocycles. The fourth-order valence-electron chi connectivity index (χ4n) is 0.856. The van der Waals surface area contributed by atoms with Crippen LogP contribution in [0, 0.1) is 0 Å². The van der Waals surface area contributed by atoms with Gasteiger partial charge in [0, 0.05) is 14.1 Å². The van der Waals surface area contributed by atoms with Gasteiger partial charge < -0.3 is 10.2 Å². The first-order valence-corrected chi connectivity index (χ1v) is 4.84. The molecule has 6 nitrogen and oxygen atoms in total. The van der Waals surface area contributed by atoms with Crippen LogP contribution in [0.3, 0.4) is 0 Å². The molecule has 16 heavy (non-hydrogen) atoms. The first kappa shape index (κ1) is 12.4. The number of aromatic nitrogens is 2. The summed E-state index contributed by atoms with van der Waals surface area (Å²) < 4.78 is 0. The molecule has 86 valence electrons. The molecule has 0 unspecified atom stereocenters. The van der Waals surface area contributed by atoms with Crippen molar-refractivity contribution in [1.82, 2.24) is 20.2 Å². The molecule has 0 aliphatic heterocycles. The van der Waals surface area contributed by atoms with Crippen LogP contribution in [-0.4, -0.2) is 47.3 Å². The number of nitrogens with one attached hydrogen (secondary N) is 1. The molecule has 0 saturated carbocycles. The topological polar surface area (TPSA) is 75.2 Å². The Balaban J connectivity index is 2.57. The van der Waals surface area contributed by atoms with E-state index in [2.05, 4.69) is 15.3 Å². The zero-order chi connectivity index (χ0) is 12.1. The predicted molar refractivity (Wildman–Crippen MR) is 58.1 cm³/mol. The van der Waals surface area contributed by atoms with Crippen LogP contribution < -0.4 is 5.32 Å². The molecule has 0 atom stereocenters. The Kier molecular flexibility index (Phi) is 4.19. The lowest BCUT2D eigenvalue weighted by Crippen LogP contribution is -2.36. The molecule has 1 aromatic rings. The van der Waals surface area contributed by atoms with Gasteiger partial charge >= 0.3 is 0 Å². The van der Waals surface area contributed by atoms with Crippen LogP contribution in [0.2, 0.25) is 5.15 Å². The maximum atomic E-state index is 11.5. The van der Waals surface area contributed by atoms with E-state index in [0.717, 1.165) is 0 Å². The largest absolute Gasteiger partial charge is 0.347 e. The summed E-state index contributed by atoms with van der Waals surface area (Å²) in [5, 5.41) is 2.55. The van der Waals surface area contributed by atoms with Gasteiger partial charge in [0.15, 0.2) is 0 Å². The van der Waals surface area contributed by atoms with Crippen molar-refractivity contribution >= 4 is 23.4 Å². The number of rotatable bonds is 3. The number of nitrogens with zero attached hydrogens (tertiary/aromatic N) is 3. The van der Waals surface area contributed by atoms with E-state index < -0.39 is 5.91 Å². The SMILES string of the molecule is CN(C)C(=O)CNC(=O)c1cncc(Cl)n1. The third-order valence-electron chi connectivity index (χ3n) is 1.74. The van der Waals surface area contributed by atoms with Gasteiger partial charge in [0.2, 0.25) is 5.91 Å². The average Bonchev–Trinajstić information content (AvgIpc) is 2.25. The molecule has 0 spiro atoms. The summed E-state index contributed by atoms with van der Waals surface area (Å²) in [7, 11) is 3.21. The summed E-state index contributed by atoms with van der Waals surface area (Å²) in [5.74, 6) is -0.687. The first-order chi connectivity index (χ1) is 7.50. The molecule has 7 heteroatoms. The highest BCUT2D eigenvalue weighted by Gasteiger charge is 2.10. The van der Waals surface area contributed by atoms with Gasteiger partial charge in [-0.05, 0) is 0 Å². The summed E-state index contributed by atoms with van der Waals surface area (Å²) >= 11 is 5.57. The minimum absolute atomic E-state index is 0.0825. The highest BCUT2D eigenvalue weighted by Crippen LogP contribution is 2.01. The quantitative estimate of drug-likeness (QED) is 0.806. The minimum Gasteiger partial charge on any atom is -0.347 e. The maximum Gasteiger partial charge on any atom is 0.271 e. The van der Waals surface area contributed by atoms with Crippen molar-refractivity contribution in [3.05, 3.63) is 23.2 Å². The van der Waals surface area contributed by atoms with E-state index in [1.165, 1.54) is 17.3 Å². The van der Waals surface area contributed by atoms with Crippen molar-refractivity contribution in [3.8, 4) is 0 Å². The summed E-state index contributed by atoms with van der Waals surface area (Å²) in [6, 6.07) is 0. The summed E-state index contributed by atoms with van der Waals surface area (Å²) in [6.45, 7) is -0.0833. The molecule has 0 fully saturated rings. The Morgan fingerprint density at radius 3 is 2.69 bits per heavy atom. The van der Waals surface area contributed by atoms with Gasteiger partial charge in [-0.3, -0.25) is 14.6 Å². The fourth-order valence-corrected chi connectivity index (χ4v) is 1.00. The highest BCUT2D eigenvalue weighted by molar-refractivity contribution is 6.29. The summed E-state index contributed by atoms with van der Waals surface area (Å²) in [4.78, 5) is 31.5. The number of halogens is 1. The zero-order valence-electron chi connectivity index (χ0n) is 8.90. The lowest BCUT2D eigenvalue weighted by Gasteiger charge is -2.10. The molecule has 0 radical (unpaired) electrons. The van der Waals surface area contributed by atoms with Crippen LogP contribution in [0.1, 0.15) is 10.5 Å². The summed E-state index contributed by atoms with van der Waals surface area (Å²) in [5.41, 5.74) is 0.0825. The van der Waals surface area contributed by atoms with Crippen molar-refractivity contribution in [1.29, 1.82) is 0 Å². The van der Waals surface area contributed by atoms with Crippen molar-refractivity contribution in [3.63, 3.8) is 0 Å². The Labute approximate surface area is 97.6 Å². The number of hydrogen-bond donors (Lipinski definition) is 1. The van der Waals surface area contributed by atoms with Crippen LogP contribution >= 0.6 is 11.6 Å². The van der Waals surface area contributed by atoms with Gasteiger partial charge in [0.05, 0.1) is 18.9 Å². The molecule has 2 amide bonds. The highest BCUT2D eigenvalue weighted by atomic mass is 35.5. The van der Waals surface area contributed by atoms with Crippen molar-refractivity contribution in [2.75, 3.05) is 20.6 Å². The second-order valence-corrected chi connectivity index (χ2v) is 3.59. The van der Waals surface area contributed by atoms with E-state index in [-0.39, 0.29) is 23.3 Å². The Morgan fingerprint density at radius 2 is 2.12 bits per heavy atom. The second kappa shape index (κ2) is 5.41. The lowest BCUT2D eigenvalue weighted by molar-refractivity contribution is -0.127. The monoisotopic (exact) mass is 242 g/mol. The third-order valence-corrected chi connectivity index (χ3v) is 1.92. The van der Waals surface area contributed by atoms with Gasteiger partial charge in [0.1, 0.15) is 10.8 Å². The van der Waals surface area contributed by atoms with Crippen LogP contribution in [0.5, 0.6) is 0 Å². The smallest absolute Gasteiger partial charge is 0.271 e. The second-order valence-electron chi connectivity index (χ2n) is 3.20. The Bertz CT molecular complexity index is 408. The number of carbonyl (C=O) groups excluding carboxylic acids is 2. The fraction of sp³-hybridized carbons (Fsp3) is 0.333. The van der Waals surface area contributed by atoms with Crippen LogP contribution in [0.25, 0.3) is 0 Å². The lowest BCUT2D eigenvalue weighted by atomic mass is 10.4. The molecular formula is C9H11ClN4O2. The van der Waals surface area contributed by atoms with E-state index in [9.17, 15) is 9.59 Å². The number of likely N-dealkylation sites (N-methyl/N-ethyl adjacent to an activating group) is 1. The molecule has 0 aromatic carbocycles. The van der Waals surface area contributed by atoms with E-state index in [0.29, 0.717) is 0 Å². The predicted octanol–water partition coefficient (Wildman–Crippen LogP) is -0.0520. The Morgan fingerprint density at radius 1 is 1.44 bits per heavy atom. The van der Waals surface area contributed by atoms with Crippen molar-refractivity contribution in [2.24, 2.45) is 0 Å². The zero-order valence-corrected chi connectivity index (χ0v) is 9.65. The molecule has 1 aromatic heterocycles. The van der Waals surface area contributed by atoms with Gasteiger partial charge in [0.25, 0.3) is 5.91 Å². The normalized spacial score (nSPS) is 9.69. The standard InChI is InChI=1S/C9H11ClN4O2/c1-14(2)8(15)5-12-9(16)6-3-11-4-7(10)13-6/h3-4H,5H2,1-2H3,(H,12,16). The number of amides is 2. The summed E-state index contributed by atoms with van der Waals surface area (Å²) in [6.07, 6.45) is 2.60. The van der Waals surface area contributed by atoms with E-state index >= 15 is 0 Å². The molecule has 0 bridgehead atoms. The molecule has 0 aliphatic carbocycles. The number of hydrogen-bond acceptors (Lipinski definition) is 4. The van der Waals surface area contributed by atoms with Gasteiger partial charge in [-0.1, -0.05) is 11.6 Å². The molecular weight excluding hydrogens is 232 g/mol. The minimum atomic E-state index is -0.481. The van der Waals surface area contributed by atoms with E-state index in [4.69, 9.17) is 11.6 Å². The Hall–Kier alpha value is -1.69. The first-order valence-electron chi connectivity index (χ1n) is 4.46. The average molecular weight is 243 g/mol. The van der Waals surface area contributed by atoms with Crippen LogP contribution in [-0.2, 0) is 4.79 Å².